The van der Waals surface area contributed by atoms with Crippen molar-refractivity contribution < 1.29 is 9.53 Å². The lowest BCUT2D eigenvalue weighted by Crippen LogP contribution is -2.12. The summed E-state index contributed by atoms with van der Waals surface area (Å²) in [5, 5.41) is 5.02. The number of hydrogen-bond acceptors (Lipinski definition) is 4. The summed E-state index contributed by atoms with van der Waals surface area (Å²) in [6.45, 7) is 2.67. The number of ether oxygens (including phenoxy) is 1. The largest absolute Gasteiger partial charge is 0.491 e. The maximum Gasteiger partial charge on any atom is 0.284 e. The summed E-state index contributed by atoms with van der Waals surface area (Å²) in [6, 6.07) is 7.39. The minimum Gasteiger partial charge on any atom is -0.491 e. The zero-order chi connectivity index (χ0) is 12.8. The highest BCUT2D eigenvalue weighted by Crippen LogP contribution is 2.24. The molecule has 0 aliphatic rings. The zero-order valence-electron chi connectivity index (χ0n) is 10.1. The van der Waals surface area contributed by atoms with Gasteiger partial charge in [-0.05, 0) is 18.6 Å². The van der Waals surface area contributed by atoms with Gasteiger partial charge in [-0.25, -0.2) is 4.98 Å². The molecule has 1 aromatic heterocycles. The second-order valence-electron chi connectivity index (χ2n) is 3.64. The first-order valence-electron chi connectivity index (χ1n) is 5.74. The number of para-hydroxylation sites is 2. The number of benzene rings is 1. The van der Waals surface area contributed by atoms with Gasteiger partial charge in [-0.3, -0.25) is 4.79 Å². The van der Waals surface area contributed by atoms with Gasteiger partial charge >= 0.3 is 0 Å². The van der Waals surface area contributed by atoms with Crippen molar-refractivity contribution in [2.24, 2.45) is 0 Å². The quantitative estimate of drug-likeness (QED) is 0.900. The first-order chi connectivity index (χ1) is 8.81. The molecule has 0 aliphatic carbocycles. The van der Waals surface area contributed by atoms with Crippen LogP contribution < -0.4 is 10.1 Å². The number of rotatable bonds is 5. The highest BCUT2D eigenvalue weighted by molar-refractivity contribution is 7.11. The molecule has 5 heteroatoms. The van der Waals surface area contributed by atoms with Crippen molar-refractivity contribution >= 4 is 22.9 Å². The van der Waals surface area contributed by atoms with E-state index in [-0.39, 0.29) is 5.91 Å². The van der Waals surface area contributed by atoms with Crippen molar-refractivity contribution in [1.29, 1.82) is 0 Å². The summed E-state index contributed by atoms with van der Waals surface area (Å²) in [5.41, 5.74) is 0.672. The van der Waals surface area contributed by atoms with Crippen LogP contribution in [0.15, 0.2) is 35.8 Å². The Morgan fingerprint density at radius 2 is 2.28 bits per heavy atom. The van der Waals surface area contributed by atoms with Gasteiger partial charge in [0.25, 0.3) is 5.91 Å². The molecule has 4 nitrogen and oxygen atoms in total. The second kappa shape index (κ2) is 6.16. The first-order valence-corrected chi connectivity index (χ1v) is 6.62. The van der Waals surface area contributed by atoms with Crippen LogP contribution in [0.25, 0.3) is 0 Å². The van der Waals surface area contributed by atoms with Crippen molar-refractivity contribution in [3.8, 4) is 5.75 Å². The Kier molecular flexibility index (Phi) is 4.30. The topological polar surface area (TPSA) is 51.2 Å². The minimum absolute atomic E-state index is 0.211. The lowest BCUT2D eigenvalue weighted by Gasteiger charge is -2.10. The molecule has 0 aliphatic heterocycles. The van der Waals surface area contributed by atoms with E-state index < -0.39 is 0 Å². The summed E-state index contributed by atoms with van der Waals surface area (Å²) >= 11 is 1.31. The van der Waals surface area contributed by atoms with Crippen LogP contribution in [0.3, 0.4) is 0 Å². The molecule has 0 saturated carbocycles. The number of aromatic nitrogens is 1. The van der Waals surface area contributed by atoms with E-state index in [0.29, 0.717) is 23.1 Å². The normalized spacial score (nSPS) is 10.1. The number of carbonyl (C=O) groups is 1. The van der Waals surface area contributed by atoms with E-state index in [1.807, 2.05) is 31.2 Å². The van der Waals surface area contributed by atoms with Crippen LogP contribution in [0.1, 0.15) is 23.1 Å². The van der Waals surface area contributed by atoms with E-state index >= 15 is 0 Å². The maximum atomic E-state index is 11.9. The standard InChI is InChI=1S/C13H14N2O2S/c1-2-8-17-11-6-4-3-5-10(11)15-12(16)13-14-7-9-18-13/h3-7,9H,2,8H2,1H3,(H,15,16). The summed E-state index contributed by atoms with van der Waals surface area (Å²) in [7, 11) is 0. The van der Waals surface area contributed by atoms with Gasteiger partial charge in [0.05, 0.1) is 12.3 Å². The van der Waals surface area contributed by atoms with E-state index in [1.54, 1.807) is 11.6 Å². The highest BCUT2D eigenvalue weighted by atomic mass is 32.1. The van der Waals surface area contributed by atoms with Gasteiger partial charge in [-0.1, -0.05) is 19.1 Å². The molecule has 1 amide bonds. The van der Waals surface area contributed by atoms with Crippen LogP contribution in [0, 0.1) is 0 Å². The Hall–Kier alpha value is -1.88. The Morgan fingerprint density at radius 1 is 1.44 bits per heavy atom. The molecule has 0 spiro atoms. The fraction of sp³-hybridized carbons (Fsp3) is 0.231. The van der Waals surface area contributed by atoms with Crippen molar-refractivity contribution in [3.05, 3.63) is 40.8 Å². The van der Waals surface area contributed by atoms with Gasteiger partial charge < -0.3 is 10.1 Å². The molecule has 2 aromatic rings. The number of carbonyl (C=O) groups excluding carboxylic acids is 1. The van der Waals surface area contributed by atoms with Gasteiger partial charge in [0.15, 0.2) is 5.01 Å². The molecular formula is C13H14N2O2S. The lowest BCUT2D eigenvalue weighted by molar-refractivity contribution is 0.102. The van der Waals surface area contributed by atoms with Gasteiger partial charge in [-0.15, -0.1) is 11.3 Å². The van der Waals surface area contributed by atoms with Crippen molar-refractivity contribution in [1.82, 2.24) is 4.98 Å². The smallest absolute Gasteiger partial charge is 0.284 e. The van der Waals surface area contributed by atoms with E-state index in [4.69, 9.17) is 4.74 Å². The number of anilines is 1. The van der Waals surface area contributed by atoms with Crippen molar-refractivity contribution in [2.75, 3.05) is 11.9 Å². The van der Waals surface area contributed by atoms with E-state index in [2.05, 4.69) is 10.3 Å². The third-order valence-electron chi connectivity index (χ3n) is 2.22. The SMILES string of the molecule is CCCOc1ccccc1NC(=O)c1nccs1. The monoisotopic (exact) mass is 262 g/mol. The fourth-order valence-electron chi connectivity index (χ4n) is 1.42. The molecule has 0 unspecified atom stereocenters. The van der Waals surface area contributed by atoms with Gasteiger partial charge in [0, 0.05) is 11.6 Å². The van der Waals surface area contributed by atoms with Crippen LogP contribution in [0.4, 0.5) is 5.69 Å². The van der Waals surface area contributed by atoms with Crippen molar-refractivity contribution in [2.45, 2.75) is 13.3 Å². The average Bonchev–Trinajstić information content (AvgIpc) is 2.91. The molecule has 1 heterocycles. The first kappa shape index (κ1) is 12.6. The van der Waals surface area contributed by atoms with E-state index in [1.165, 1.54) is 11.3 Å². The van der Waals surface area contributed by atoms with E-state index in [0.717, 1.165) is 6.42 Å². The maximum absolute atomic E-state index is 11.9. The molecule has 1 N–H and O–H groups in total. The lowest BCUT2D eigenvalue weighted by atomic mass is 10.3. The molecule has 18 heavy (non-hydrogen) atoms. The third-order valence-corrected chi connectivity index (χ3v) is 3.00. The van der Waals surface area contributed by atoms with Crippen LogP contribution >= 0.6 is 11.3 Å². The Morgan fingerprint density at radius 3 is 3.00 bits per heavy atom. The summed E-state index contributed by atoms with van der Waals surface area (Å²) in [4.78, 5) is 15.9. The molecule has 0 bridgehead atoms. The predicted molar refractivity (Wildman–Crippen MR) is 72.3 cm³/mol. The summed E-state index contributed by atoms with van der Waals surface area (Å²) in [6.07, 6.45) is 2.54. The molecule has 0 radical (unpaired) electrons. The number of amides is 1. The number of thiazole rings is 1. The fourth-order valence-corrected chi connectivity index (χ4v) is 1.95. The highest BCUT2D eigenvalue weighted by Gasteiger charge is 2.11. The molecule has 94 valence electrons. The van der Waals surface area contributed by atoms with Crippen LogP contribution in [-0.2, 0) is 0 Å². The molecule has 0 atom stereocenters. The Labute approximate surface area is 110 Å². The van der Waals surface area contributed by atoms with Gasteiger partial charge in [-0.2, -0.15) is 0 Å². The zero-order valence-corrected chi connectivity index (χ0v) is 10.9. The summed E-state index contributed by atoms with van der Waals surface area (Å²) < 4.78 is 5.57. The number of nitrogens with one attached hydrogen (secondary N) is 1. The number of hydrogen-bond donors (Lipinski definition) is 1. The van der Waals surface area contributed by atoms with Gasteiger partial charge in [0.1, 0.15) is 5.75 Å². The van der Waals surface area contributed by atoms with Crippen LogP contribution in [-0.4, -0.2) is 17.5 Å². The number of nitrogens with zero attached hydrogens (tertiary/aromatic N) is 1. The predicted octanol–water partition coefficient (Wildman–Crippen LogP) is 3.18. The summed E-state index contributed by atoms with van der Waals surface area (Å²) in [5.74, 6) is 0.474. The third kappa shape index (κ3) is 3.07. The van der Waals surface area contributed by atoms with Crippen LogP contribution in [0.2, 0.25) is 0 Å². The molecule has 0 fully saturated rings. The van der Waals surface area contributed by atoms with Crippen molar-refractivity contribution in [3.63, 3.8) is 0 Å². The van der Waals surface area contributed by atoms with E-state index in [9.17, 15) is 4.79 Å². The van der Waals surface area contributed by atoms with Crippen LogP contribution in [0.5, 0.6) is 5.75 Å². The molecule has 2 rings (SSSR count). The Balaban J connectivity index is 2.11. The second-order valence-corrected chi connectivity index (χ2v) is 4.53. The minimum atomic E-state index is -0.211. The molecule has 0 saturated heterocycles. The molecule has 1 aromatic carbocycles. The Bertz CT molecular complexity index is 511. The average molecular weight is 262 g/mol. The van der Waals surface area contributed by atoms with Gasteiger partial charge in [0.2, 0.25) is 0 Å². The molecular weight excluding hydrogens is 248 g/mol.